The van der Waals surface area contributed by atoms with Gasteiger partial charge in [-0.2, -0.15) is 5.10 Å². The van der Waals surface area contributed by atoms with E-state index in [1.165, 1.54) is 43.1 Å². The van der Waals surface area contributed by atoms with Gasteiger partial charge in [0.05, 0.1) is 45.4 Å². The summed E-state index contributed by atoms with van der Waals surface area (Å²) in [4.78, 5) is 26.3. The van der Waals surface area contributed by atoms with Gasteiger partial charge in [-0.15, -0.1) is 10.2 Å². The zero-order valence-corrected chi connectivity index (χ0v) is 25.4. The zero-order valence-electron chi connectivity index (χ0n) is 24.6. The molecular weight excluding hydrogens is 587 g/mol. The van der Waals surface area contributed by atoms with Crippen LogP contribution in [0.5, 0.6) is 17.2 Å². The van der Waals surface area contributed by atoms with Crippen molar-refractivity contribution >= 4 is 29.3 Å². The molecule has 0 saturated heterocycles. The first-order valence-corrected chi connectivity index (χ1v) is 14.6. The van der Waals surface area contributed by atoms with Crippen LogP contribution in [0.15, 0.2) is 77.0 Å². The number of hydrogen-bond donors (Lipinski definition) is 1. The molecule has 2 heterocycles. The number of ether oxygens (including phenoxy) is 3. The first-order valence-electron chi connectivity index (χ1n) is 13.6. The molecular formula is C31H31FN6O5S. The smallest absolute Gasteiger partial charge is 0.253 e. The normalized spacial score (nSPS) is 14.2. The van der Waals surface area contributed by atoms with Crippen molar-refractivity contribution in [3.63, 3.8) is 0 Å². The van der Waals surface area contributed by atoms with Crippen LogP contribution in [0.3, 0.4) is 0 Å². The van der Waals surface area contributed by atoms with E-state index in [0.717, 1.165) is 22.6 Å². The maximum Gasteiger partial charge on any atom is 0.253 e. The quantitative estimate of drug-likeness (QED) is 0.246. The predicted octanol–water partition coefficient (Wildman–Crippen LogP) is 4.38. The Balaban J connectivity index is 1.26. The van der Waals surface area contributed by atoms with Crippen LogP contribution in [-0.2, 0) is 18.4 Å². The van der Waals surface area contributed by atoms with Crippen molar-refractivity contribution in [3.8, 4) is 17.2 Å². The average Bonchev–Trinajstić information content (AvgIpc) is 3.66. The summed E-state index contributed by atoms with van der Waals surface area (Å²) in [6.07, 6.45) is 0.474. The van der Waals surface area contributed by atoms with Crippen molar-refractivity contribution in [3.05, 3.63) is 95.1 Å². The number of rotatable bonds is 11. The molecule has 4 aromatic rings. The molecule has 5 rings (SSSR count). The first kappa shape index (κ1) is 30.5. The Labute approximate surface area is 258 Å². The molecule has 0 unspecified atom stereocenters. The lowest BCUT2D eigenvalue weighted by molar-refractivity contribution is -0.130. The van der Waals surface area contributed by atoms with Crippen molar-refractivity contribution in [2.45, 2.75) is 24.2 Å². The number of carbonyl (C=O) groups is 2. The van der Waals surface area contributed by atoms with E-state index in [4.69, 9.17) is 14.2 Å². The van der Waals surface area contributed by atoms with E-state index in [9.17, 15) is 14.0 Å². The van der Waals surface area contributed by atoms with E-state index in [0.29, 0.717) is 34.5 Å². The number of nitrogens with one attached hydrogen (secondary N) is 1. The minimum absolute atomic E-state index is 0.0407. The summed E-state index contributed by atoms with van der Waals surface area (Å²) in [5, 5.41) is 17.9. The van der Waals surface area contributed by atoms with Crippen LogP contribution in [0, 0.1) is 5.82 Å². The molecule has 0 bridgehead atoms. The number of hydrazone groups is 1. The lowest BCUT2D eigenvalue weighted by Crippen LogP contribution is -2.28. The minimum atomic E-state index is -0.388. The van der Waals surface area contributed by atoms with Gasteiger partial charge < -0.3 is 24.1 Å². The molecule has 1 N–H and O–H groups in total. The number of methoxy groups -OCH3 is 3. The van der Waals surface area contributed by atoms with Crippen molar-refractivity contribution in [2.24, 2.45) is 12.1 Å². The number of benzene rings is 3. The molecule has 0 saturated carbocycles. The summed E-state index contributed by atoms with van der Waals surface area (Å²) in [5.41, 5.74) is 2.76. The van der Waals surface area contributed by atoms with Gasteiger partial charge in [-0.3, -0.25) is 9.59 Å². The van der Waals surface area contributed by atoms with E-state index in [1.54, 1.807) is 49.1 Å². The maximum absolute atomic E-state index is 13.7. The van der Waals surface area contributed by atoms with Crippen LogP contribution >= 0.6 is 11.8 Å². The summed E-state index contributed by atoms with van der Waals surface area (Å²) in [6, 6.07) is 18.1. The molecule has 1 aliphatic rings. The van der Waals surface area contributed by atoms with Gasteiger partial charge in [-0.1, -0.05) is 23.9 Å². The molecule has 13 heteroatoms. The molecule has 3 aromatic carbocycles. The topological polar surface area (TPSA) is 120 Å². The second kappa shape index (κ2) is 13.6. The Hall–Kier alpha value is -4.91. The highest BCUT2D eigenvalue weighted by atomic mass is 32.2. The number of thioether (sulfide) groups is 1. The second-order valence-electron chi connectivity index (χ2n) is 9.82. The number of nitrogens with zero attached hydrogens (tertiary/aromatic N) is 5. The largest absolute Gasteiger partial charge is 0.497 e. The van der Waals surface area contributed by atoms with Crippen LogP contribution in [0.4, 0.5) is 4.39 Å². The Morgan fingerprint density at radius 3 is 2.23 bits per heavy atom. The number of amides is 2. The summed E-state index contributed by atoms with van der Waals surface area (Å²) < 4.78 is 31.1. The predicted molar refractivity (Wildman–Crippen MR) is 163 cm³/mol. The monoisotopic (exact) mass is 618 g/mol. The van der Waals surface area contributed by atoms with Crippen molar-refractivity contribution in [1.29, 1.82) is 0 Å². The second-order valence-corrected chi connectivity index (χ2v) is 10.8. The summed E-state index contributed by atoms with van der Waals surface area (Å²) in [5.74, 6) is 1.34. The van der Waals surface area contributed by atoms with E-state index < -0.39 is 0 Å². The van der Waals surface area contributed by atoms with Gasteiger partial charge >= 0.3 is 0 Å². The third-order valence-electron chi connectivity index (χ3n) is 7.11. The fourth-order valence-electron chi connectivity index (χ4n) is 4.66. The van der Waals surface area contributed by atoms with Gasteiger partial charge in [0.2, 0.25) is 0 Å². The number of hydrogen-bond acceptors (Lipinski definition) is 9. The number of aromatic nitrogens is 3. The SMILES string of the molecule is COc1ccc(C2=NN(C(=O)CSc3nnc(CNC(=O)c4cc(OC)cc(OC)c4)n3C)[C@@H](c3ccc(F)cc3)C2)cc1. The van der Waals surface area contributed by atoms with Gasteiger partial charge in [0.25, 0.3) is 11.8 Å². The third kappa shape index (κ3) is 6.83. The van der Waals surface area contributed by atoms with Crippen LogP contribution in [-0.4, -0.2) is 64.4 Å². The van der Waals surface area contributed by atoms with Gasteiger partial charge in [0.1, 0.15) is 23.1 Å². The highest BCUT2D eigenvalue weighted by Gasteiger charge is 2.33. The number of halogens is 1. The first-order chi connectivity index (χ1) is 21.3. The van der Waals surface area contributed by atoms with Gasteiger partial charge in [0.15, 0.2) is 11.0 Å². The van der Waals surface area contributed by atoms with Crippen molar-refractivity contribution in [1.82, 2.24) is 25.1 Å². The fraction of sp³-hybridized carbons (Fsp3) is 0.258. The summed E-state index contributed by atoms with van der Waals surface area (Å²) >= 11 is 1.21. The average molecular weight is 619 g/mol. The molecule has 2 amide bonds. The van der Waals surface area contributed by atoms with E-state index in [2.05, 4.69) is 20.6 Å². The Morgan fingerprint density at radius 2 is 1.59 bits per heavy atom. The zero-order chi connectivity index (χ0) is 31.2. The van der Waals surface area contributed by atoms with Crippen LogP contribution in [0.2, 0.25) is 0 Å². The van der Waals surface area contributed by atoms with Crippen LogP contribution in [0.25, 0.3) is 0 Å². The molecule has 1 atom stereocenters. The molecule has 0 spiro atoms. The molecule has 0 fully saturated rings. The third-order valence-corrected chi connectivity index (χ3v) is 8.12. The summed E-state index contributed by atoms with van der Waals surface area (Å²) in [6.45, 7) is 0.116. The highest BCUT2D eigenvalue weighted by Crippen LogP contribution is 2.34. The molecule has 0 aliphatic carbocycles. The van der Waals surface area contributed by atoms with E-state index in [1.807, 2.05) is 24.3 Å². The van der Waals surface area contributed by atoms with Gasteiger partial charge in [-0.25, -0.2) is 9.40 Å². The molecule has 1 aromatic heterocycles. The van der Waals surface area contributed by atoms with E-state index >= 15 is 0 Å². The number of carbonyl (C=O) groups excluding carboxylic acids is 2. The Bertz CT molecular complexity index is 1650. The highest BCUT2D eigenvalue weighted by molar-refractivity contribution is 7.99. The van der Waals surface area contributed by atoms with Crippen molar-refractivity contribution < 1.29 is 28.2 Å². The van der Waals surface area contributed by atoms with Crippen LogP contribution in [0.1, 0.15) is 39.8 Å². The van der Waals surface area contributed by atoms with E-state index in [-0.39, 0.29) is 36.0 Å². The standard InChI is InChI=1S/C31H31FN6O5S/c1-37-28(17-33-30(40)21-13-24(42-3)15-25(14-21)43-4)34-35-31(37)44-18-29(39)38-27(20-5-9-22(32)10-6-20)16-26(36-38)19-7-11-23(41-2)12-8-19/h5-15,27H,16-18H2,1-4H3,(H,33,40)/t27-/m1/s1. The minimum Gasteiger partial charge on any atom is -0.497 e. The molecule has 0 radical (unpaired) electrons. The maximum atomic E-state index is 13.7. The molecule has 11 nitrogen and oxygen atoms in total. The molecule has 1 aliphatic heterocycles. The molecule has 44 heavy (non-hydrogen) atoms. The Kier molecular flexibility index (Phi) is 9.44. The lowest BCUT2D eigenvalue weighted by Gasteiger charge is -2.22. The van der Waals surface area contributed by atoms with Crippen molar-refractivity contribution in [2.75, 3.05) is 27.1 Å². The van der Waals surface area contributed by atoms with Crippen LogP contribution < -0.4 is 19.5 Å². The lowest BCUT2D eigenvalue weighted by atomic mass is 9.98. The summed E-state index contributed by atoms with van der Waals surface area (Å²) in [7, 11) is 6.39. The molecule has 228 valence electrons. The Morgan fingerprint density at radius 1 is 0.932 bits per heavy atom. The van der Waals surface area contributed by atoms with Gasteiger partial charge in [-0.05, 0) is 59.7 Å². The fourth-order valence-corrected chi connectivity index (χ4v) is 5.44. The van der Waals surface area contributed by atoms with Gasteiger partial charge in [0, 0.05) is 25.1 Å².